The molecule has 0 saturated heterocycles. The van der Waals surface area contributed by atoms with Crippen LogP contribution in [0, 0.1) is 0 Å². The number of nitrogens with zero attached hydrogens (tertiary/aromatic N) is 1. The number of hydrogen-bond acceptors (Lipinski definition) is 5. The summed E-state index contributed by atoms with van der Waals surface area (Å²) in [5.41, 5.74) is 2.66. The Morgan fingerprint density at radius 3 is 2.95 bits per heavy atom. The van der Waals surface area contributed by atoms with Crippen molar-refractivity contribution in [3.8, 4) is 0 Å². The van der Waals surface area contributed by atoms with Gasteiger partial charge in [-0.25, -0.2) is 9.78 Å². The van der Waals surface area contributed by atoms with Crippen molar-refractivity contribution in [2.45, 2.75) is 26.2 Å². The average Bonchev–Trinajstić information content (AvgIpc) is 2.89. The highest BCUT2D eigenvalue weighted by Crippen LogP contribution is 2.04. The molecular formula is C12H19N3O3S. The third kappa shape index (κ3) is 7.40. The van der Waals surface area contributed by atoms with Crippen LogP contribution in [0.15, 0.2) is 10.9 Å². The van der Waals surface area contributed by atoms with Crippen LogP contribution in [0.1, 0.15) is 25.5 Å². The van der Waals surface area contributed by atoms with Crippen molar-refractivity contribution in [2.24, 2.45) is 0 Å². The highest BCUT2D eigenvalue weighted by molar-refractivity contribution is 7.07. The van der Waals surface area contributed by atoms with Crippen LogP contribution >= 0.6 is 11.3 Å². The Morgan fingerprint density at radius 1 is 1.42 bits per heavy atom. The Hall–Kier alpha value is -1.63. The van der Waals surface area contributed by atoms with Crippen molar-refractivity contribution in [1.82, 2.24) is 15.6 Å². The topological polar surface area (TPSA) is 80.3 Å². The van der Waals surface area contributed by atoms with Crippen LogP contribution in [-0.4, -0.2) is 36.7 Å². The Balaban J connectivity index is 1.97. The number of aryl methyl sites for hydroxylation is 1. The van der Waals surface area contributed by atoms with Crippen LogP contribution < -0.4 is 10.6 Å². The fraction of sp³-hybridized carbons (Fsp3) is 0.583. The molecule has 0 aliphatic carbocycles. The van der Waals surface area contributed by atoms with Crippen molar-refractivity contribution in [2.75, 3.05) is 19.7 Å². The van der Waals surface area contributed by atoms with Gasteiger partial charge in [-0.1, -0.05) is 0 Å². The van der Waals surface area contributed by atoms with Crippen molar-refractivity contribution in [1.29, 1.82) is 0 Å². The summed E-state index contributed by atoms with van der Waals surface area (Å²) in [6.45, 7) is 3.26. The van der Waals surface area contributed by atoms with E-state index in [2.05, 4.69) is 15.6 Å². The number of carbonyl (C=O) groups excluding carboxylic acids is 2. The highest BCUT2D eigenvalue weighted by atomic mass is 32.1. The molecule has 0 atom stereocenters. The standard InChI is InChI=1S/C12H19N3O3S/c1-2-13-12(17)14-6-3-7-18-11(16)5-4-10-8-19-9-15-10/h8-9H,2-7H2,1H3,(H2,13,14,17). The summed E-state index contributed by atoms with van der Waals surface area (Å²) < 4.78 is 5.05. The number of hydrogen-bond donors (Lipinski definition) is 2. The van der Waals surface area contributed by atoms with E-state index < -0.39 is 0 Å². The van der Waals surface area contributed by atoms with Gasteiger partial charge in [-0.05, 0) is 13.3 Å². The van der Waals surface area contributed by atoms with Gasteiger partial charge in [-0.15, -0.1) is 11.3 Å². The lowest BCUT2D eigenvalue weighted by Crippen LogP contribution is -2.36. The predicted molar refractivity (Wildman–Crippen MR) is 73.1 cm³/mol. The quantitative estimate of drug-likeness (QED) is 0.558. The summed E-state index contributed by atoms with van der Waals surface area (Å²) in [5.74, 6) is -0.231. The number of aromatic nitrogens is 1. The summed E-state index contributed by atoms with van der Waals surface area (Å²) in [6, 6.07) is -0.197. The summed E-state index contributed by atoms with van der Waals surface area (Å²) in [6.07, 6.45) is 1.56. The lowest BCUT2D eigenvalue weighted by molar-refractivity contribution is -0.143. The van der Waals surface area contributed by atoms with Crippen LogP contribution in [0.5, 0.6) is 0 Å². The molecule has 0 aromatic carbocycles. The number of rotatable bonds is 8. The molecule has 1 heterocycles. The maximum absolute atomic E-state index is 11.4. The molecule has 1 aromatic rings. The van der Waals surface area contributed by atoms with Gasteiger partial charge in [0.25, 0.3) is 0 Å². The van der Waals surface area contributed by atoms with Crippen LogP contribution in [0.4, 0.5) is 4.79 Å². The molecule has 7 heteroatoms. The SMILES string of the molecule is CCNC(=O)NCCCOC(=O)CCc1cscn1. The molecule has 0 aliphatic heterocycles. The molecule has 6 nitrogen and oxygen atoms in total. The van der Waals surface area contributed by atoms with Crippen molar-refractivity contribution in [3.63, 3.8) is 0 Å². The first-order chi connectivity index (χ1) is 9.22. The molecular weight excluding hydrogens is 266 g/mol. The van der Waals surface area contributed by atoms with Gasteiger partial charge in [-0.3, -0.25) is 4.79 Å². The lowest BCUT2D eigenvalue weighted by atomic mass is 10.2. The van der Waals surface area contributed by atoms with Gasteiger partial charge in [0, 0.05) is 24.9 Å². The van der Waals surface area contributed by atoms with Crippen molar-refractivity contribution >= 4 is 23.3 Å². The third-order valence-electron chi connectivity index (χ3n) is 2.28. The number of esters is 1. The predicted octanol–water partition coefficient (Wildman–Crippen LogP) is 1.33. The highest BCUT2D eigenvalue weighted by Gasteiger charge is 2.04. The Kier molecular flexibility index (Phi) is 7.57. The first-order valence-corrected chi connectivity index (χ1v) is 7.21. The van der Waals surface area contributed by atoms with E-state index in [4.69, 9.17) is 4.74 Å². The second-order valence-corrected chi connectivity index (χ2v) is 4.56. The number of thiazole rings is 1. The van der Waals surface area contributed by atoms with E-state index in [1.165, 1.54) is 11.3 Å². The van der Waals surface area contributed by atoms with E-state index >= 15 is 0 Å². The van der Waals surface area contributed by atoms with Gasteiger partial charge in [-0.2, -0.15) is 0 Å². The number of ether oxygens (including phenoxy) is 1. The number of nitrogens with one attached hydrogen (secondary N) is 2. The summed E-state index contributed by atoms with van der Waals surface area (Å²) in [5, 5.41) is 7.20. The Labute approximate surface area is 116 Å². The van der Waals surface area contributed by atoms with Crippen LogP contribution in [0.2, 0.25) is 0 Å². The minimum atomic E-state index is -0.231. The number of amides is 2. The zero-order valence-electron chi connectivity index (χ0n) is 11.0. The average molecular weight is 285 g/mol. The van der Waals surface area contributed by atoms with Crippen LogP contribution in [0.25, 0.3) is 0 Å². The summed E-state index contributed by atoms with van der Waals surface area (Å²) in [4.78, 5) is 26.5. The smallest absolute Gasteiger partial charge is 0.314 e. The molecule has 0 spiro atoms. The normalized spacial score (nSPS) is 9.95. The number of carbonyl (C=O) groups is 2. The summed E-state index contributed by atoms with van der Waals surface area (Å²) >= 11 is 1.51. The first kappa shape index (κ1) is 15.4. The van der Waals surface area contributed by atoms with Crippen LogP contribution in [0.3, 0.4) is 0 Å². The monoisotopic (exact) mass is 285 g/mol. The van der Waals surface area contributed by atoms with E-state index in [9.17, 15) is 9.59 Å². The van der Waals surface area contributed by atoms with E-state index in [-0.39, 0.29) is 12.0 Å². The first-order valence-electron chi connectivity index (χ1n) is 6.26. The molecule has 2 N–H and O–H groups in total. The van der Waals surface area contributed by atoms with E-state index in [0.29, 0.717) is 39.0 Å². The van der Waals surface area contributed by atoms with Crippen LogP contribution in [-0.2, 0) is 16.0 Å². The largest absolute Gasteiger partial charge is 0.466 e. The fourth-order valence-electron chi connectivity index (χ4n) is 1.35. The van der Waals surface area contributed by atoms with E-state index in [1.807, 2.05) is 12.3 Å². The van der Waals surface area contributed by atoms with Gasteiger partial charge in [0.1, 0.15) is 0 Å². The van der Waals surface area contributed by atoms with Crippen molar-refractivity contribution in [3.05, 3.63) is 16.6 Å². The Morgan fingerprint density at radius 2 is 2.26 bits per heavy atom. The second kappa shape index (κ2) is 9.32. The fourth-order valence-corrected chi connectivity index (χ4v) is 1.94. The second-order valence-electron chi connectivity index (χ2n) is 3.84. The molecule has 0 radical (unpaired) electrons. The molecule has 0 saturated carbocycles. The number of urea groups is 1. The molecule has 1 rings (SSSR count). The van der Waals surface area contributed by atoms with Gasteiger partial charge in [0.2, 0.25) is 0 Å². The van der Waals surface area contributed by atoms with Gasteiger partial charge < -0.3 is 15.4 Å². The molecule has 0 unspecified atom stereocenters. The Bertz CT molecular complexity index is 382. The molecule has 0 aliphatic rings. The van der Waals surface area contributed by atoms with Gasteiger partial charge in [0.05, 0.1) is 24.2 Å². The van der Waals surface area contributed by atoms with Gasteiger partial charge >= 0.3 is 12.0 Å². The van der Waals surface area contributed by atoms with Gasteiger partial charge in [0.15, 0.2) is 0 Å². The minimum Gasteiger partial charge on any atom is -0.466 e. The molecule has 1 aromatic heterocycles. The maximum atomic E-state index is 11.4. The lowest BCUT2D eigenvalue weighted by Gasteiger charge is -2.06. The zero-order valence-corrected chi connectivity index (χ0v) is 11.8. The molecule has 19 heavy (non-hydrogen) atoms. The molecule has 106 valence electrons. The maximum Gasteiger partial charge on any atom is 0.314 e. The molecule has 0 bridgehead atoms. The third-order valence-corrected chi connectivity index (χ3v) is 2.91. The van der Waals surface area contributed by atoms with E-state index in [1.54, 1.807) is 5.51 Å². The molecule has 2 amide bonds. The molecule has 0 fully saturated rings. The summed E-state index contributed by atoms with van der Waals surface area (Å²) in [7, 11) is 0. The van der Waals surface area contributed by atoms with E-state index in [0.717, 1.165) is 5.69 Å². The minimum absolute atomic E-state index is 0.197. The zero-order chi connectivity index (χ0) is 13.9. The van der Waals surface area contributed by atoms with Crippen molar-refractivity contribution < 1.29 is 14.3 Å².